The van der Waals surface area contributed by atoms with Gasteiger partial charge in [-0.25, -0.2) is 0 Å². The van der Waals surface area contributed by atoms with Crippen LogP contribution in [0.15, 0.2) is 16.6 Å². The molecule has 0 unspecified atom stereocenters. The normalized spacial score (nSPS) is 19.2. The molecule has 1 heterocycles. The first-order valence-electron chi connectivity index (χ1n) is 4.46. The summed E-state index contributed by atoms with van der Waals surface area (Å²) in [6.07, 6.45) is 0.681. The van der Waals surface area contributed by atoms with Gasteiger partial charge in [-0.1, -0.05) is 15.9 Å². The predicted molar refractivity (Wildman–Crippen MR) is 57.8 cm³/mol. The zero-order valence-corrected chi connectivity index (χ0v) is 9.36. The number of rotatable bonds is 1. The minimum Gasteiger partial charge on any atom is -0.487 e. The number of ether oxygens (including phenoxy) is 1. The Morgan fingerprint density at radius 1 is 1.60 bits per heavy atom. The van der Waals surface area contributed by atoms with Gasteiger partial charge < -0.3 is 10.5 Å². The largest absolute Gasteiger partial charge is 0.487 e. The van der Waals surface area contributed by atoms with E-state index in [9.17, 15) is 10.1 Å². The fourth-order valence-corrected chi connectivity index (χ4v) is 2.08. The fourth-order valence-electron chi connectivity index (χ4n) is 1.61. The molecule has 0 aliphatic carbocycles. The van der Waals surface area contributed by atoms with Gasteiger partial charge in [0, 0.05) is 28.6 Å². The molecule has 0 bridgehead atoms. The molecule has 0 saturated heterocycles. The zero-order chi connectivity index (χ0) is 11.0. The average Bonchev–Trinajstić information content (AvgIpc) is 2.18. The number of fused-ring (bicyclic) bond motifs is 1. The van der Waals surface area contributed by atoms with Crippen molar-refractivity contribution in [3.63, 3.8) is 0 Å². The summed E-state index contributed by atoms with van der Waals surface area (Å²) in [5.74, 6) is 0.307. The van der Waals surface area contributed by atoms with Crippen molar-refractivity contribution in [2.45, 2.75) is 12.5 Å². The highest BCUT2D eigenvalue weighted by molar-refractivity contribution is 9.10. The van der Waals surface area contributed by atoms with Crippen LogP contribution >= 0.6 is 15.9 Å². The second-order valence-corrected chi connectivity index (χ2v) is 4.26. The van der Waals surface area contributed by atoms with Crippen molar-refractivity contribution < 1.29 is 9.66 Å². The van der Waals surface area contributed by atoms with E-state index in [1.54, 1.807) is 6.07 Å². The van der Waals surface area contributed by atoms with Gasteiger partial charge in [-0.3, -0.25) is 10.1 Å². The summed E-state index contributed by atoms with van der Waals surface area (Å²) in [6.45, 7) is 0.427. The SMILES string of the molecule is N[C@H]1CCOc2c1cc(Br)cc2[N+](=O)[O-]. The maximum atomic E-state index is 10.8. The number of nitrogens with two attached hydrogens (primary N) is 1. The fraction of sp³-hybridized carbons (Fsp3) is 0.333. The predicted octanol–water partition coefficient (Wildman–Crippen LogP) is 2.14. The van der Waals surface area contributed by atoms with E-state index in [1.165, 1.54) is 6.07 Å². The lowest BCUT2D eigenvalue weighted by atomic mass is 10.0. The number of nitro benzene ring substituents is 1. The molecule has 0 spiro atoms. The van der Waals surface area contributed by atoms with E-state index in [4.69, 9.17) is 10.5 Å². The number of benzene rings is 1. The molecule has 1 aromatic carbocycles. The van der Waals surface area contributed by atoms with Crippen LogP contribution in [-0.4, -0.2) is 11.5 Å². The molecular weight excluding hydrogens is 264 g/mol. The van der Waals surface area contributed by atoms with Gasteiger partial charge in [-0.2, -0.15) is 0 Å². The lowest BCUT2D eigenvalue weighted by Gasteiger charge is -2.22. The minimum atomic E-state index is -0.457. The van der Waals surface area contributed by atoms with Crippen molar-refractivity contribution in [1.29, 1.82) is 0 Å². The summed E-state index contributed by atoms with van der Waals surface area (Å²) in [4.78, 5) is 10.3. The van der Waals surface area contributed by atoms with Crippen molar-refractivity contribution in [1.82, 2.24) is 0 Å². The molecular formula is C9H9BrN2O3. The van der Waals surface area contributed by atoms with E-state index in [-0.39, 0.29) is 11.7 Å². The van der Waals surface area contributed by atoms with Gasteiger partial charge in [0.25, 0.3) is 0 Å². The molecule has 6 heteroatoms. The number of halogens is 1. The summed E-state index contributed by atoms with van der Waals surface area (Å²) in [5.41, 5.74) is 6.52. The van der Waals surface area contributed by atoms with Crippen LogP contribution < -0.4 is 10.5 Å². The van der Waals surface area contributed by atoms with Gasteiger partial charge in [0.05, 0.1) is 11.5 Å². The number of nitro groups is 1. The van der Waals surface area contributed by atoms with Crippen LogP contribution in [0.4, 0.5) is 5.69 Å². The van der Waals surface area contributed by atoms with Crippen molar-refractivity contribution in [2.24, 2.45) is 5.73 Å². The molecule has 80 valence electrons. The van der Waals surface area contributed by atoms with Gasteiger partial charge in [0.1, 0.15) is 0 Å². The lowest BCUT2D eigenvalue weighted by molar-refractivity contribution is -0.386. The van der Waals surface area contributed by atoms with Crippen LogP contribution in [-0.2, 0) is 0 Å². The first-order chi connectivity index (χ1) is 7.09. The first kappa shape index (κ1) is 10.4. The quantitative estimate of drug-likeness (QED) is 0.628. The number of nitrogens with zero attached hydrogens (tertiary/aromatic N) is 1. The molecule has 5 nitrogen and oxygen atoms in total. The molecule has 0 aromatic heterocycles. The van der Waals surface area contributed by atoms with Crippen molar-refractivity contribution in [3.05, 3.63) is 32.3 Å². The first-order valence-corrected chi connectivity index (χ1v) is 5.25. The number of hydrogen-bond acceptors (Lipinski definition) is 4. The van der Waals surface area contributed by atoms with E-state index in [2.05, 4.69) is 15.9 Å². The summed E-state index contributed by atoms with van der Waals surface area (Å²) in [5, 5.41) is 10.8. The zero-order valence-electron chi connectivity index (χ0n) is 7.77. The highest BCUT2D eigenvalue weighted by Crippen LogP contribution is 2.40. The monoisotopic (exact) mass is 272 g/mol. The third-order valence-corrected chi connectivity index (χ3v) is 2.79. The second-order valence-electron chi connectivity index (χ2n) is 3.34. The van der Waals surface area contributed by atoms with Gasteiger partial charge in [-0.15, -0.1) is 0 Å². The maximum absolute atomic E-state index is 10.8. The molecule has 2 rings (SSSR count). The topological polar surface area (TPSA) is 78.4 Å². The van der Waals surface area contributed by atoms with Crippen LogP contribution in [0.3, 0.4) is 0 Å². The van der Waals surface area contributed by atoms with E-state index < -0.39 is 4.92 Å². The van der Waals surface area contributed by atoms with Crippen LogP contribution in [0, 0.1) is 10.1 Å². The standard InChI is InChI=1S/C9H9BrN2O3/c10-5-3-6-7(11)1-2-15-9(6)8(4-5)12(13)14/h3-4,7H,1-2,11H2/t7-/m0/s1. The van der Waals surface area contributed by atoms with Crippen LogP contribution in [0.25, 0.3) is 0 Å². The minimum absolute atomic E-state index is 0.0328. The van der Waals surface area contributed by atoms with Gasteiger partial charge >= 0.3 is 5.69 Å². The Labute approximate surface area is 94.5 Å². The Hall–Kier alpha value is -1.14. The Kier molecular flexibility index (Phi) is 2.62. The second kappa shape index (κ2) is 3.79. The van der Waals surface area contributed by atoms with E-state index >= 15 is 0 Å². The third-order valence-electron chi connectivity index (χ3n) is 2.33. The van der Waals surface area contributed by atoms with Crippen LogP contribution in [0.2, 0.25) is 0 Å². The number of hydrogen-bond donors (Lipinski definition) is 1. The Morgan fingerprint density at radius 3 is 3.00 bits per heavy atom. The van der Waals surface area contributed by atoms with Gasteiger partial charge in [0.15, 0.2) is 0 Å². The third kappa shape index (κ3) is 1.82. The molecule has 0 fully saturated rings. The molecule has 1 atom stereocenters. The summed E-state index contributed by atoms with van der Waals surface area (Å²) in [6, 6.07) is 3.01. The highest BCUT2D eigenvalue weighted by Gasteiger charge is 2.27. The van der Waals surface area contributed by atoms with Crippen LogP contribution in [0.5, 0.6) is 5.75 Å². The average molecular weight is 273 g/mol. The molecule has 15 heavy (non-hydrogen) atoms. The van der Waals surface area contributed by atoms with E-state index in [1.807, 2.05) is 0 Å². The van der Waals surface area contributed by atoms with Crippen molar-refractivity contribution in [3.8, 4) is 5.75 Å². The van der Waals surface area contributed by atoms with Crippen molar-refractivity contribution in [2.75, 3.05) is 6.61 Å². The summed E-state index contributed by atoms with van der Waals surface area (Å²) < 4.78 is 5.95. The molecule has 0 saturated carbocycles. The lowest BCUT2D eigenvalue weighted by Crippen LogP contribution is -2.21. The molecule has 2 N–H and O–H groups in total. The molecule has 0 radical (unpaired) electrons. The molecule has 1 aliphatic heterocycles. The van der Waals surface area contributed by atoms with Crippen molar-refractivity contribution >= 4 is 21.6 Å². The molecule has 0 amide bonds. The van der Waals surface area contributed by atoms with Crippen LogP contribution in [0.1, 0.15) is 18.0 Å². The Morgan fingerprint density at radius 2 is 2.33 bits per heavy atom. The summed E-state index contributed by atoms with van der Waals surface area (Å²) >= 11 is 3.22. The van der Waals surface area contributed by atoms with Gasteiger partial charge in [0.2, 0.25) is 5.75 Å². The summed E-state index contributed by atoms with van der Waals surface area (Å²) in [7, 11) is 0. The van der Waals surface area contributed by atoms with Gasteiger partial charge in [-0.05, 0) is 6.07 Å². The Balaban J connectivity index is 2.62. The molecule has 1 aliphatic rings. The Bertz CT molecular complexity index is 422. The van der Waals surface area contributed by atoms with E-state index in [0.717, 1.165) is 0 Å². The maximum Gasteiger partial charge on any atom is 0.312 e. The smallest absolute Gasteiger partial charge is 0.312 e. The van der Waals surface area contributed by atoms with E-state index in [0.29, 0.717) is 28.8 Å². The highest BCUT2D eigenvalue weighted by atomic mass is 79.9. The molecule has 1 aromatic rings.